The van der Waals surface area contributed by atoms with E-state index in [0.717, 1.165) is 10.9 Å². The number of carbonyl (C=O) groups excluding carboxylic acids is 15. The van der Waals surface area contributed by atoms with Crippen molar-refractivity contribution in [3.63, 3.8) is 0 Å². The summed E-state index contributed by atoms with van der Waals surface area (Å²) in [6.45, 7) is 20.7. The zero-order chi connectivity index (χ0) is 93.6. The number of hydrogen-bond acceptors (Lipinski definition) is 22. The molecule has 0 spiro atoms. The number of rotatable bonds is 62. The Morgan fingerprint density at radius 1 is 0.344 bits per heavy atom. The van der Waals surface area contributed by atoms with Crippen LogP contribution in [0.25, 0.3) is 10.9 Å². The Balaban J connectivity index is 1.86. The summed E-state index contributed by atoms with van der Waals surface area (Å²) < 4.78 is 0. The van der Waals surface area contributed by atoms with Crippen LogP contribution in [0.2, 0.25) is 0 Å². The highest BCUT2D eigenvalue weighted by Crippen LogP contribution is 2.22. The van der Waals surface area contributed by atoms with Gasteiger partial charge >= 0.3 is 0 Å². The Hall–Kier alpha value is -10.2. The number of nitrogens with two attached hydrogens (primary N) is 7. The molecule has 38 heteroatoms. The lowest BCUT2D eigenvalue weighted by Crippen LogP contribution is -2.61. The Morgan fingerprint density at radius 3 is 1.08 bits per heavy atom. The van der Waals surface area contributed by atoms with E-state index in [1.54, 1.807) is 91.9 Å². The average molecular weight is 1760 g/mol. The number of unbranched alkanes of at least 4 members (excludes halogenated alkanes) is 5. The van der Waals surface area contributed by atoms with E-state index >= 15 is 0 Å². The molecule has 3 rings (SSSR count). The number of aliphatic hydroxyl groups excluding tert-OH is 1. The number of amides is 15. The fraction of sp³-hybridized carbons (Fsp3) is 0.667. The summed E-state index contributed by atoms with van der Waals surface area (Å²) in [5.41, 5.74) is 43.1. The first-order valence-electron chi connectivity index (χ1n) is 44.2. The van der Waals surface area contributed by atoms with E-state index < -0.39 is 198 Å². The molecule has 2 aromatic carbocycles. The number of aromatic amines is 1. The number of nitrogens with one attached hydrogen (secondary N) is 15. The summed E-state index contributed by atoms with van der Waals surface area (Å²) in [6.07, 6.45) is 5.34. The number of benzene rings is 2. The fourth-order valence-electron chi connectivity index (χ4n) is 14.0. The predicted octanol–water partition coefficient (Wildman–Crippen LogP) is -1.32. The van der Waals surface area contributed by atoms with Gasteiger partial charge in [-0.2, -0.15) is 0 Å². The molecule has 38 nitrogen and oxygen atoms in total. The summed E-state index contributed by atoms with van der Waals surface area (Å²) in [6, 6.07) is -1.75. The zero-order valence-electron chi connectivity index (χ0n) is 75.3. The minimum atomic E-state index is -1.46. The lowest BCUT2D eigenvalue weighted by Gasteiger charge is -2.30. The van der Waals surface area contributed by atoms with Crippen molar-refractivity contribution in [3.05, 3.63) is 71.9 Å². The average Bonchev–Trinajstić information content (AvgIpc) is 1.72. The van der Waals surface area contributed by atoms with Gasteiger partial charge in [-0.05, 0) is 203 Å². The standard InChI is InChI=1S/C87H148N22O16/c1-49(2)42-65(103-79(117)63(35-21-26-40-91)100-84(122)69(102-76(114)59(93)31-18-23-37-88)46-57-47-95-60-32-17-16-30-58(57)60)82(120)104-68(45-56-28-14-13-15-29-56)83(121)99-62(34-20-25-39-90)78(116)98-61(33-19-24-38-89)77(115)96-48-70(111)97-54(11)75(113)107-71(52(7)8)86(124)105-66(43-50(3)4)81(119)101-64(36-22-27-41-92)80(118)108-72(53(9)10)87(125)106-67(44-51(5)6)85(123)109-73(55(12)110)74(94)112/h13-17,28-30,32,47,49-55,59,61-69,71-73,95,110H,18-27,31,33-46,48,88-93H2,1-12H3,(H2,94,112)(H,96,115)(H,97,111)(H,98,116)(H,99,121)(H,100,122)(H,101,119)(H,102,114)(H,103,117)(H,104,120)(H,105,124)(H,106,125)(H,107,113)(H,108,118)(H,109,123)/t54-,55-,59-,61-,62-,63-,64-,65-,66-,67-,68-,69-,71-,72-,73-/m1/s1. The van der Waals surface area contributed by atoms with E-state index in [0.29, 0.717) is 88.3 Å². The molecule has 15 atom stereocenters. The van der Waals surface area contributed by atoms with Gasteiger partial charge in [0.05, 0.1) is 18.7 Å². The van der Waals surface area contributed by atoms with Gasteiger partial charge in [0.15, 0.2) is 0 Å². The third kappa shape index (κ3) is 40.3. The molecule has 1 aromatic heterocycles. The summed E-state index contributed by atoms with van der Waals surface area (Å²) in [4.78, 5) is 215. The number of primary amides is 1. The van der Waals surface area contributed by atoms with Gasteiger partial charge < -0.3 is 125 Å². The molecule has 0 bridgehead atoms. The lowest BCUT2D eigenvalue weighted by atomic mass is 9.98. The third-order valence-corrected chi connectivity index (χ3v) is 21.1. The second kappa shape index (κ2) is 58.1. The Labute approximate surface area is 735 Å². The van der Waals surface area contributed by atoms with Crippen molar-refractivity contribution >= 4 is 99.5 Å². The zero-order valence-corrected chi connectivity index (χ0v) is 75.3. The first-order valence-corrected chi connectivity index (χ1v) is 44.2. The summed E-state index contributed by atoms with van der Waals surface area (Å²) in [5.74, 6) is -13.5. The molecule has 0 aliphatic carbocycles. The van der Waals surface area contributed by atoms with Crippen LogP contribution < -0.4 is 115 Å². The number of carbonyl (C=O) groups is 15. The largest absolute Gasteiger partial charge is 0.391 e. The molecule has 125 heavy (non-hydrogen) atoms. The van der Waals surface area contributed by atoms with Gasteiger partial charge in [0, 0.05) is 29.9 Å². The first kappa shape index (κ1) is 109. The number of hydrogen-bond donors (Lipinski definition) is 23. The molecule has 0 saturated carbocycles. The first-order chi connectivity index (χ1) is 59.2. The van der Waals surface area contributed by atoms with Crippen LogP contribution in [0.4, 0.5) is 0 Å². The van der Waals surface area contributed by atoms with Gasteiger partial charge in [0.25, 0.3) is 0 Å². The smallest absolute Gasteiger partial charge is 0.243 e. The maximum Gasteiger partial charge on any atom is 0.243 e. The van der Waals surface area contributed by atoms with E-state index in [1.807, 2.05) is 38.1 Å². The topological polar surface area (TPSA) is 643 Å². The van der Waals surface area contributed by atoms with E-state index in [1.165, 1.54) is 13.8 Å². The maximum atomic E-state index is 14.9. The van der Waals surface area contributed by atoms with Crippen LogP contribution in [-0.4, -0.2) is 229 Å². The SMILES string of the molecule is CC(C)C[C@@H](NC(=O)[C@@H](CCCCN)NC(=O)[C@@H](Cc1c[nH]c2ccccc12)NC(=O)[C@H](N)CCCCN)C(=O)N[C@H](Cc1ccccc1)C(=O)N[C@H](CCCCN)C(=O)N[C@H](CCCCN)C(=O)NCC(=O)N[C@H](C)C(=O)N[C@@H](C(=O)N[C@H](CC(C)C)C(=O)N[C@H](CCCCN)C(=O)N[C@@H](C(=O)N[C@H](CC(C)C)C(=O)N[C@@H](C(N)=O)[C@@H](C)O)C(C)C)C(C)C. The molecule has 3 aromatic rings. The number of para-hydroxylation sites is 1. The highest BCUT2D eigenvalue weighted by molar-refractivity contribution is 6.01. The second-order valence-corrected chi connectivity index (χ2v) is 34.3. The van der Waals surface area contributed by atoms with E-state index in [4.69, 9.17) is 40.1 Å². The van der Waals surface area contributed by atoms with Crippen molar-refractivity contribution < 1.29 is 77.0 Å². The highest BCUT2D eigenvalue weighted by Gasteiger charge is 2.39. The summed E-state index contributed by atoms with van der Waals surface area (Å²) >= 11 is 0. The van der Waals surface area contributed by atoms with Crippen molar-refractivity contribution in [2.24, 2.45) is 69.7 Å². The number of aromatic nitrogens is 1. The maximum absolute atomic E-state index is 14.9. The van der Waals surface area contributed by atoms with Crippen LogP contribution in [0.5, 0.6) is 0 Å². The fourth-order valence-corrected chi connectivity index (χ4v) is 14.0. The highest BCUT2D eigenvalue weighted by atomic mass is 16.3. The van der Waals surface area contributed by atoms with Gasteiger partial charge in [-0.3, -0.25) is 71.9 Å². The van der Waals surface area contributed by atoms with E-state index in [-0.39, 0.29) is 102 Å². The second-order valence-electron chi connectivity index (χ2n) is 34.3. The third-order valence-electron chi connectivity index (χ3n) is 21.1. The molecule has 0 aliphatic rings. The monoisotopic (exact) mass is 1760 g/mol. The van der Waals surface area contributed by atoms with Crippen molar-refractivity contribution in [2.75, 3.05) is 39.3 Å². The van der Waals surface area contributed by atoms with Crippen molar-refractivity contribution in [1.29, 1.82) is 0 Å². The van der Waals surface area contributed by atoms with Crippen molar-refractivity contribution in [3.8, 4) is 0 Å². The molecule has 0 fully saturated rings. The molecule has 1 heterocycles. The minimum absolute atomic E-state index is 0.00853. The number of H-pyrrole nitrogens is 1. The molecule has 0 radical (unpaired) electrons. The number of fused-ring (bicyclic) bond motifs is 1. The Bertz CT molecular complexity index is 3900. The molecule has 30 N–H and O–H groups in total. The van der Waals surface area contributed by atoms with Crippen LogP contribution in [0.3, 0.4) is 0 Å². The van der Waals surface area contributed by atoms with Crippen LogP contribution in [0, 0.1) is 29.6 Å². The van der Waals surface area contributed by atoms with Crippen LogP contribution in [0.1, 0.15) is 210 Å². The molecule has 0 saturated heterocycles. The molecule has 702 valence electrons. The minimum Gasteiger partial charge on any atom is -0.391 e. The van der Waals surface area contributed by atoms with Crippen molar-refractivity contribution in [2.45, 2.75) is 302 Å². The molecule has 15 amide bonds. The van der Waals surface area contributed by atoms with E-state index in [2.05, 4.69) is 79.4 Å². The quantitative estimate of drug-likeness (QED) is 0.0291. The lowest BCUT2D eigenvalue weighted by molar-refractivity contribution is -0.137. The van der Waals surface area contributed by atoms with Gasteiger partial charge in [-0.15, -0.1) is 0 Å². The van der Waals surface area contributed by atoms with Gasteiger partial charge in [-0.25, -0.2) is 0 Å². The van der Waals surface area contributed by atoms with Crippen molar-refractivity contribution in [1.82, 2.24) is 79.4 Å². The molecule has 0 aliphatic heterocycles. The van der Waals surface area contributed by atoms with Crippen LogP contribution >= 0.6 is 0 Å². The molecule has 0 unspecified atom stereocenters. The number of aliphatic hydroxyl groups is 1. The van der Waals surface area contributed by atoms with Gasteiger partial charge in [0.1, 0.15) is 78.5 Å². The Morgan fingerprint density at radius 2 is 0.672 bits per heavy atom. The van der Waals surface area contributed by atoms with Crippen LogP contribution in [0.15, 0.2) is 60.8 Å². The van der Waals surface area contributed by atoms with Crippen LogP contribution in [-0.2, 0) is 84.8 Å². The molecular formula is C87H148N22O16. The predicted molar refractivity (Wildman–Crippen MR) is 477 cm³/mol. The molecular weight excluding hydrogens is 1610 g/mol. The summed E-state index contributed by atoms with van der Waals surface area (Å²) in [7, 11) is 0. The van der Waals surface area contributed by atoms with Gasteiger partial charge in [-0.1, -0.05) is 124 Å². The normalized spacial score (nSPS) is 15.1. The Kier molecular flexibility index (Phi) is 50.6. The van der Waals surface area contributed by atoms with Gasteiger partial charge in [0.2, 0.25) is 88.6 Å². The van der Waals surface area contributed by atoms with E-state index in [9.17, 15) is 77.0 Å². The summed E-state index contributed by atoms with van der Waals surface area (Å²) in [5, 5.41) is 48.8.